The molecule has 1 aliphatic carbocycles. The van der Waals surface area contributed by atoms with Crippen LogP contribution in [0.2, 0.25) is 5.02 Å². The van der Waals surface area contributed by atoms with Crippen LogP contribution in [0.1, 0.15) is 25.2 Å². The van der Waals surface area contributed by atoms with Gasteiger partial charge in [-0.1, -0.05) is 35.9 Å². The van der Waals surface area contributed by atoms with Crippen LogP contribution in [0.25, 0.3) is 22.4 Å². The standard InChI is InChI=1S/C23H20ClN5O3/c24-18-7-3-1-5-16(18)22-27-26-20(32-22)13-29(15-9-10-15)21(30)11-12-28-14-25-19-8-4-2-6-17(19)23(28)31/h1-8,14-15H,9-13H2. The third-order valence-electron chi connectivity index (χ3n) is 5.48. The van der Waals surface area contributed by atoms with Crippen molar-refractivity contribution in [2.75, 3.05) is 0 Å². The third kappa shape index (κ3) is 4.13. The maximum atomic E-state index is 13.0. The molecule has 4 aromatic rings. The Kier molecular flexibility index (Phi) is 5.45. The molecule has 0 radical (unpaired) electrons. The number of nitrogens with zero attached hydrogens (tertiary/aromatic N) is 5. The van der Waals surface area contributed by atoms with Crippen molar-refractivity contribution < 1.29 is 9.21 Å². The van der Waals surface area contributed by atoms with Crippen molar-refractivity contribution in [1.29, 1.82) is 0 Å². The highest BCUT2D eigenvalue weighted by Gasteiger charge is 2.33. The van der Waals surface area contributed by atoms with E-state index in [1.165, 1.54) is 10.9 Å². The maximum Gasteiger partial charge on any atom is 0.261 e. The minimum atomic E-state index is -0.150. The van der Waals surface area contributed by atoms with Crippen molar-refractivity contribution in [3.05, 3.63) is 76.1 Å². The van der Waals surface area contributed by atoms with Gasteiger partial charge in [0.25, 0.3) is 5.56 Å². The van der Waals surface area contributed by atoms with Crippen LogP contribution in [-0.4, -0.2) is 36.6 Å². The fourth-order valence-electron chi connectivity index (χ4n) is 3.64. The lowest BCUT2D eigenvalue weighted by Crippen LogP contribution is -2.34. The van der Waals surface area contributed by atoms with Crippen molar-refractivity contribution in [2.24, 2.45) is 0 Å². The van der Waals surface area contributed by atoms with E-state index in [0.717, 1.165) is 12.8 Å². The van der Waals surface area contributed by atoms with Crippen LogP contribution >= 0.6 is 11.6 Å². The summed E-state index contributed by atoms with van der Waals surface area (Å²) in [7, 11) is 0. The number of para-hydroxylation sites is 1. The van der Waals surface area contributed by atoms with E-state index in [1.807, 2.05) is 18.2 Å². The topological polar surface area (TPSA) is 94.1 Å². The van der Waals surface area contributed by atoms with Crippen LogP contribution < -0.4 is 5.56 Å². The van der Waals surface area contributed by atoms with Gasteiger partial charge in [-0.3, -0.25) is 14.2 Å². The molecule has 2 aromatic heterocycles. The first-order valence-electron chi connectivity index (χ1n) is 10.4. The second kappa shape index (κ2) is 8.55. The Morgan fingerprint density at radius 2 is 1.91 bits per heavy atom. The number of hydrogen-bond acceptors (Lipinski definition) is 6. The van der Waals surface area contributed by atoms with Crippen molar-refractivity contribution in [1.82, 2.24) is 24.6 Å². The molecule has 8 nitrogen and oxygen atoms in total. The summed E-state index contributed by atoms with van der Waals surface area (Å²) >= 11 is 6.21. The molecule has 1 fully saturated rings. The molecule has 5 rings (SSSR count). The molecule has 0 saturated heterocycles. The van der Waals surface area contributed by atoms with E-state index in [4.69, 9.17) is 16.0 Å². The van der Waals surface area contributed by atoms with Gasteiger partial charge in [0.2, 0.25) is 17.7 Å². The van der Waals surface area contributed by atoms with Gasteiger partial charge in [-0.05, 0) is 37.1 Å². The van der Waals surface area contributed by atoms with Crippen LogP contribution in [0.3, 0.4) is 0 Å². The predicted octanol–water partition coefficient (Wildman–Crippen LogP) is 3.68. The summed E-state index contributed by atoms with van der Waals surface area (Å²) in [4.78, 5) is 31.7. The smallest absolute Gasteiger partial charge is 0.261 e. The molecule has 1 saturated carbocycles. The molecule has 2 heterocycles. The van der Waals surface area contributed by atoms with Gasteiger partial charge in [-0.15, -0.1) is 10.2 Å². The zero-order valence-electron chi connectivity index (χ0n) is 17.1. The van der Waals surface area contributed by atoms with Gasteiger partial charge in [0, 0.05) is 19.0 Å². The number of amides is 1. The first-order chi connectivity index (χ1) is 15.6. The molecular weight excluding hydrogens is 430 g/mol. The van der Waals surface area contributed by atoms with Crippen LogP contribution in [0.5, 0.6) is 0 Å². The maximum absolute atomic E-state index is 13.0. The Labute approximate surface area is 188 Å². The highest BCUT2D eigenvalue weighted by atomic mass is 35.5. The summed E-state index contributed by atoms with van der Waals surface area (Å²) in [5, 5.41) is 9.24. The van der Waals surface area contributed by atoms with Crippen LogP contribution in [0.15, 0.2) is 64.1 Å². The van der Waals surface area contributed by atoms with E-state index in [9.17, 15) is 9.59 Å². The second-order valence-corrected chi connectivity index (χ2v) is 8.15. The largest absolute Gasteiger partial charge is 0.419 e. The van der Waals surface area contributed by atoms with E-state index in [2.05, 4.69) is 15.2 Å². The fourth-order valence-corrected chi connectivity index (χ4v) is 3.86. The molecule has 0 bridgehead atoms. The Balaban J connectivity index is 1.29. The van der Waals surface area contributed by atoms with Gasteiger partial charge in [0.15, 0.2) is 0 Å². The van der Waals surface area contributed by atoms with Crippen LogP contribution in [0, 0.1) is 0 Å². The number of rotatable bonds is 7. The summed E-state index contributed by atoms with van der Waals surface area (Å²) in [5.41, 5.74) is 1.15. The van der Waals surface area contributed by atoms with E-state index in [0.29, 0.717) is 33.3 Å². The monoisotopic (exact) mass is 449 g/mol. The van der Waals surface area contributed by atoms with E-state index >= 15 is 0 Å². The first kappa shape index (κ1) is 20.4. The number of fused-ring (bicyclic) bond motifs is 1. The van der Waals surface area contributed by atoms with Gasteiger partial charge in [0.05, 0.1) is 34.4 Å². The van der Waals surface area contributed by atoms with Gasteiger partial charge in [-0.25, -0.2) is 4.98 Å². The first-order valence-corrected chi connectivity index (χ1v) is 10.8. The van der Waals surface area contributed by atoms with Crippen LogP contribution in [0.4, 0.5) is 0 Å². The second-order valence-electron chi connectivity index (χ2n) is 7.74. The molecule has 1 aliphatic rings. The quantitative estimate of drug-likeness (QED) is 0.427. The highest BCUT2D eigenvalue weighted by molar-refractivity contribution is 6.33. The van der Waals surface area contributed by atoms with Gasteiger partial charge in [0.1, 0.15) is 0 Å². The van der Waals surface area contributed by atoms with E-state index in [-0.39, 0.29) is 37.0 Å². The number of carbonyl (C=O) groups is 1. The zero-order valence-corrected chi connectivity index (χ0v) is 17.9. The SMILES string of the molecule is O=C(CCn1cnc2ccccc2c1=O)N(Cc1nnc(-c2ccccc2Cl)o1)C1CC1. The van der Waals surface area contributed by atoms with Crippen molar-refractivity contribution >= 4 is 28.4 Å². The van der Waals surface area contributed by atoms with Gasteiger partial charge in [-0.2, -0.15) is 0 Å². The van der Waals surface area contributed by atoms with Gasteiger partial charge >= 0.3 is 0 Å². The average molecular weight is 450 g/mol. The molecule has 1 amide bonds. The average Bonchev–Trinajstić information content (AvgIpc) is 3.55. The molecule has 2 aromatic carbocycles. The molecule has 0 spiro atoms. The number of aromatic nitrogens is 4. The Hall–Kier alpha value is -3.52. The molecule has 0 atom stereocenters. The fraction of sp³-hybridized carbons (Fsp3) is 0.261. The zero-order chi connectivity index (χ0) is 22.1. The molecule has 0 N–H and O–H groups in total. The third-order valence-corrected chi connectivity index (χ3v) is 5.81. The summed E-state index contributed by atoms with van der Waals surface area (Å²) in [5.74, 6) is 0.609. The normalized spacial score (nSPS) is 13.4. The summed E-state index contributed by atoms with van der Waals surface area (Å²) in [6.45, 7) is 0.485. The lowest BCUT2D eigenvalue weighted by atomic mass is 10.2. The Morgan fingerprint density at radius 3 is 2.72 bits per heavy atom. The molecule has 162 valence electrons. The van der Waals surface area contributed by atoms with Crippen molar-refractivity contribution in [3.63, 3.8) is 0 Å². The summed E-state index contributed by atoms with van der Waals surface area (Å²) in [6.07, 6.45) is 3.55. The van der Waals surface area contributed by atoms with E-state index in [1.54, 1.807) is 35.2 Å². The Morgan fingerprint density at radius 1 is 1.12 bits per heavy atom. The summed E-state index contributed by atoms with van der Waals surface area (Å²) < 4.78 is 7.25. The van der Waals surface area contributed by atoms with Crippen molar-refractivity contribution in [3.8, 4) is 11.5 Å². The molecule has 9 heteroatoms. The predicted molar refractivity (Wildman–Crippen MR) is 119 cm³/mol. The minimum absolute atomic E-state index is 0.0648. The highest BCUT2D eigenvalue weighted by Crippen LogP contribution is 2.30. The molecular formula is C23H20ClN5O3. The molecule has 0 unspecified atom stereocenters. The molecule has 0 aliphatic heterocycles. The molecule has 32 heavy (non-hydrogen) atoms. The number of hydrogen-bond donors (Lipinski definition) is 0. The number of halogens is 1. The van der Waals surface area contributed by atoms with Crippen LogP contribution in [-0.2, 0) is 17.9 Å². The summed E-state index contributed by atoms with van der Waals surface area (Å²) in [6, 6.07) is 14.6. The lowest BCUT2D eigenvalue weighted by Gasteiger charge is -2.20. The Bertz CT molecular complexity index is 1340. The number of carbonyl (C=O) groups excluding carboxylic acids is 1. The minimum Gasteiger partial charge on any atom is -0.419 e. The van der Waals surface area contributed by atoms with E-state index < -0.39 is 0 Å². The van der Waals surface area contributed by atoms with Gasteiger partial charge < -0.3 is 9.32 Å². The number of benzene rings is 2. The number of aryl methyl sites for hydroxylation is 1. The lowest BCUT2D eigenvalue weighted by molar-refractivity contribution is -0.133. The van der Waals surface area contributed by atoms with Crippen molar-refractivity contribution in [2.45, 2.75) is 38.4 Å².